The van der Waals surface area contributed by atoms with Crippen molar-refractivity contribution in [2.75, 3.05) is 0 Å². The molecule has 4 aromatic rings. The largest absolute Gasteiger partial charge is 0.258 e. The molecule has 0 saturated heterocycles. The van der Waals surface area contributed by atoms with E-state index < -0.39 is 0 Å². The van der Waals surface area contributed by atoms with E-state index in [1.54, 1.807) is 0 Å². The standard InChI is InChI=1S/C23H28N8/c1-5-6-11-21-25-22(15(2)3)28-31(21)16(4)20-13-12-17(14-24-20)18-9-7-8-10-19(18)23-26-29-30-27-23/h7-10,12-16H,5-6,11H2,1-4H3,(H,26,27,29,30). The lowest BCUT2D eigenvalue weighted by atomic mass is 10.00. The number of hydrogen-bond acceptors (Lipinski definition) is 6. The van der Waals surface area contributed by atoms with E-state index in [1.807, 2.05) is 35.1 Å². The lowest BCUT2D eigenvalue weighted by Crippen LogP contribution is -2.14. The van der Waals surface area contributed by atoms with Gasteiger partial charge in [0.2, 0.25) is 5.82 Å². The zero-order valence-electron chi connectivity index (χ0n) is 18.4. The summed E-state index contributed by atoms with van der Waals surface area (Å²) in [5, 5.41) is 19.2. The molecule has 31 heavy (non-hydrogen) atoms. The van der Waals surface area contributed by atoms with E-state index in [0.29, 0.717) is 11.7 Å². The Balaban J connectivity index is 1.64. The Hall–Kier alpha value is -3.42. The fourth-order valence-corrected chi connectivity index (χ4v) is 3.58. The van der Waals surface area contributed by atoms with Gasteiger partial charge in [0.1, 0.15) is 5.82 Å². The maximum Gasteiger partial charge on any atom is 0.205 e. The van der Waals surface area contributed by atoms with Crippen molar-refractivity contribution in [3.8, 4) is 22.5 Å². The van der Waals surface area contributed by atoms with Crippen LogP contribution in [0.5, 0.6) is 0 Å². The molecule has 0 spiro atoms. The molecule has 3 heterocycles. The topological polar surface area (TPSA) is 98.1 Å². The van der Waals surface area contributed by atoms with Crippen LogP contribution in [0.3, 0.4) is 0 Å². The van der Waals surface area contributed by atoms with Crippen molar-refractivity contribution < 1.29 is 0 Å². The summed E-state index contributed by atoms with van der Waals surface area (Å²) in [6.07, 6.45) is 5.06. The van der Waals surface area contributed by atoms with Gasteiger partial charge in [-0.15, -0.1) is 10.2 Å². The highest BCUT2D eigenvalue weighted by Gasteiger charge is 2.19. The quantitative estimate of drug-likeness (QED) is 0.451. The minimum atomic E-state index is 0.00774. The van der Waals surface area contributed by atoms with Crippen molar-refractivity contribution in [3.05, 3.63) is 59.9 Å². The van der Waals surface area contributed by atoms with E-state index >= 15 is 0 Å². The summed E-state index contributed by atoms with van der Waals surface area (Å²) >= 11 is 0. The van der Waals surface area contributed by atoms with Crippen molar-refractivity contribution >= 4 is 0 Å². The number of pyridine rings is 1. The van der Waals surface area contributed by atoms with Crippen LogP contribution in [0, 0.1) is 0 Å². The molecular weight excluding hydrogens is 388 g/mol. The number of nitrogens with zero attached hydrogens (tertiary/aromatic N) is 7. The first-order valence-corrected chi connectivity index (χ1v) is 10.8. The maximum atomic E-state index is 4.81. The van der Waals surface area contributed by atoms with Crippen LogP contribution >= 0.6 is 0 Å². The second-order valence-electron chi connectivity index (χ2n) is 8.02. The average molecular weight is 417 g/mol. The normalized spacial score (nSPS) is 12.4. The van der Waals surface area contributed by atoms with Gasteiger partial charge in [0.15, 0.2) is 5.82 Å². The SMILES string of the molecule is CCCCc1nc(C(C)C)nn1C(C)c1ccc(-c2ccccc2-c2nn[nH]n2)cn1. The number of tetrazole rings is 1. The number of aromatic nitrogens is 8. The third kappa shape index (κ3) is 4.38. The number of unbranched alkanes of at least 4 members (excludes halogenated alkanes) is 1. The average Bonchev–Trinajstić information content (AvgIpc) is 3.48. The molecule has 8 nitrogen and oxygen atoms in total. The van der Waals surface area contributed by atoms with Crippen molar-refractivity contribution in [2.45, 2.75) is 58.9 Å². The van der Waals surface area contributed by atoms with Gasteiger partial charge < -0.3 is 0 Å². The summed E-state index contributed by atoms with van der Waals surface area (Å²) in [4.78, 5) is 9.58. The zero-order valence-corrected chi connectivity index (χ0v) is 18.4. The van der Waals surface area contributed by atoms with E-state index in [2.05, 4.69) is 60.5 Å². The van der Waals surface area contributed by atoms with Crippen LogP contribution in [0.2, 0.25) is 0 Å². The third-order valence-corrected chi connectivity index (χ3v) is 5.39. The molecule has 0 amide bonds. The Bertz CT molecular complexity index is 1110. The predicted octanol–water partition coefficient (Wildman–Crippen LogP) is 4.60. The Kier molecular flexibility index (Phi) is 6.16. The van der Waals surface area contributed by atoms with Gasteiger partial charge in [0.05, 0.1) is 11.7 Å². The second-order valence-corrected chi connectivity index (χ2v) is 8.02. The summed E-state index contributed by atoms with van der Waals surface area (Å²) in [5.74, 6) is 2.79. The lowest BCUT2D eigenvalue weighted by molar-refractivity contribution is 0.511. The molecule has 0 saturated carbocycles. The van der Waals surface area contributed by atoms with E-state index in [9.17, 15) is 0 Å². The van der Waals surface area contributed by atoms with Crippen molar-refractivity contribution in [3.63, 3.8) is 0 Å². The monoisotopic (exact) mass is 416 g/mol. The van der Waals surface area contributed by atoms with Gasteiger partial charge in [-0.05, 0) is 30.2 Å². The van der Waals surface area contributed by atoms with Crippen molar-refractivity contribution in [1.82, 2.24) is 40.4 Å². The molecule has 160 valence electrons. The predicted molar refractivity (Wildman–Crippen MR) is 119 cm³/mol. The van der Waals surface area contributed by atoms with Crippen LogP contribution in [0.25, 0.3) is 22.5 Å². The Morgan fingerprint density at radius 3 is 2.48 bits per heavy atom. The first-order valence-electron chi connectivity index (χ1n) is 10.8. The Morgan fingerprint density at radius 2 is 1.84 bits per heavy atom. The minimum absolute atomic E-state index is 0.00774. The molecule has 0 aliphatic carbocycles. The molecular formula is C23H28N8. The maximum absolute atomic E-state index is 4.81. The molecule has 1 unspecified atom stereocenters. The van der Waals surface area contributed by atoms with Crippen LogP contribution in [0.4, 0.5) is 0 Å². The molecule has 4 rings (SSSR count). The Labute approximate surface area is 182 Å². The molecule has 0 aliphatic heterocycles. The van der Waals surface area contributed by atoms with E-state index in [-0.39, 0.29) is 6.04 Å². The van der Waals surface area contributed by atoms with Gasteiger partial charge in [-0.2, -0.15) is 10.3 Å². The highest BCUT2D eigenvalue weighted by Crippen LogP contribution is 2.30. The molecule has 1 aromatic carbocycles. The molecule has 0 radical (unpaired) electrons. The molecule has 1 N–H and O–H groups in total. The molecule has 1 atom stereocenters. The van der Waals surface area contributed by atoms with Crippen LogP contribution in [-0.4, -0.2) is 40.4 Å². The smallest absolute Gasteiger partial charge is 0.205 e. The van der Waals surface area contributed by atoms with E-state index in [4.69, 9.17) is 15.1 Å². The molecule has 0 bridgehead atoms. The van der Waals surface area contributed by atoms with Gasteiger partial charge in [0, 0.05) is 29.7 Å². The van der Waals surface area contributed by atoms with Gasteiger partial charge in [-0.3, -0.25) is 4.98 Å². The number of benzene rings is 1. The summed E-state index contributed by atoms with van der Waals surface area (Å²) in [7, 11) is 0. The van der Waals surface area contributed by atoms with Crippen LogP contribution < -0.4 is 0 Å². The number of nitrogens with one attached hydrogen (secondary N) is 1. The minimum Gasteiger partial charge on any atom is -0.258 e. The fraction of sp³-hybridized carbons (Fsp3) is 0.391. The lowest BCUT2D eigenvalue weighted by Gasteiger charge is -2.15. The molecule has 3 aromatic heterocycles. The first-order chi connectivity index (χ1) is 15.1. The van der Waals surface area contributed by atoms with E-state index in [1.165, 1.54) is 0 Å². The molecule has 0 fully saturated rings. The summed E-state index contributed by atoms with van der Waals surface area (Å²) in [6, 6.07) is 12.2. The number of rotatable bonds is 8. The van der Waals surface area contributed by atoms with Gasteiger partial charge in [-0.1, -0.05) is 57.5 Å². The highest BCUT2D eigenvalue weighted by atomic mass is 15.5. The fourth-order valence-electron chi connectivity index (χ4n) is 3.58. The number of H-pyrrole nitrogens is 1. The third-order valence-electron chi connectivity index (χ3n) is 5.39. The molecule has 8 heteroatoms. The number of aryl methyl sites for hydroxylation is 1. The van der Waals surface area contributed by atoms with Gasteiger partial charge >= 0.3 is 0 Å². The second kappa shape index (κ2) is 9.16. The summed E-state index contributed by atoms with van der Waals surface area (Å²) in [5.41, 5.74) is 3.89. The molecule has 0 aliphatic rings. The summed E-state index contributed by atoms with van der Waals surface area (Å²) in [6.45, 7) is 8.58. The van der Waals surface area contributed by atoms with Crippen LogP contribution in [0.1, 0.15) is 69.8 Å². The highest BCUT2D eigenvalue weighted by molar-refractivity contribution is 5.79. The number of aromatic amines is 1. The van der Waals surface area contributed by atoms with Crippen LogP contribution in [-0.2, 0) is 6.42 Å². The zero-order chi connectivity index (χ0) is 21.8. The first kappa shape index (κ1) is 20.8. The van der Waals surface area contributed by atoms with Gasteiger partial charge in [-0.25, -0.2) is 9.67 Å². The Morgan fingerprint density at radius 1 is 1.03 bits per heavy atom. The summed E-state index contributed by atoms with van der Waals surface area (Å²) < 4.78 is 2.04. The van der Waals surface area contributed by atoms with Crippen molar-refractivity contribution in [1.29, 1.82) is 0 Å². The number of hydrogen-bond donors (Lipinski definition) is 1. The van der Waals surface area contributed by atoms with Gasteiger partial charge in [0.25, 0.3) is 0 Å². The van der Waals surface area contributed by atoms with Crippen LogP contribution in [0.15, 0.2) is 42.6 Å². The van der Waals surface area contributed by atoms with E-state index in [0.717, 1.165) is 53.3 Å². The van der Waals surface area contributed by atoms with Crippen molar-refractivity contribution in [2.24, 2.45) is 0 Å².